The van der Waals surface area contributed by atoms with Crippen LogP contribution in [0.4, 0.5) is 0 Å². The number of pyridine rings is 1. The molecule has 0 amide bonds. The highest BCUT2D eigenvalue weighted by molar-refractivity contribution is 6.13. The summed E-state index contributed by atoms with van der Waals surface area (Å²) in [5, 5.41) is 8.58. The van der Waals surface area contributed by atoms with E-state index >= 15 is 0 Å². The van der Waals surface area contributed by atoms with E-state index < -0.39 is 0 Å². The molecule has 15 heavy (non-hydrogen) atoms. The largest absolute Gasteiger partial charge is 0.345 e. The number of nitrogens with zero attached hydrogens (tertiary/aromatic N) is 1. The van der Waals surface area contributed by atoms with E-state index in [-0.39, 0.29) is 0 Å². The number of rotatable bonds is 2. The van der Waals surface area contributed by atoms with Gasteiger partial charge in [0, 0.05) is 23.3 Å². The van der Waals surface area contributed by atoms with Gasteiger partial charge in [-0.25, -0.2) is 4.98 Å². The second-order valence-corrected chi connectivity index (χ2v) is 2.72. The highest BCUT2D eigenvalue weighted by atomic mass is 14.8. The summed E-state index contributed by atoms with van der Waals surface area (Å²) in [6.45, 7) is 7.56. The lowest BCUT2D eigenvalue weighted by molar-refractivity contribution is 1.32. The fraction of sp³-hybridized carbons (Fsp3) is 0.167. The molecule has 0 saturated carbocycles. The van der Waals surface area contributed by atoms with Crippen molar-refractivity contribution >= 4 is 16.7 Å². The van der Waals surface area contributed by atoms with E-state index in [1.54, 1.807) is 12.4 Å². The Hall–Kier alpha value is -1.90. The number of fused-ring (bicyclic) bond motifs is 1. The summed E-state index contributed by atoms with van der Waals surface area (Å²) < 4.78 is 0. The first kappa shape index (κ1) is 11.2. The van der Waals surface area contributed by atoms with Crippen molar-refractivity contribution < 1.29 is 0 Å². The molecule has 0 aromatic carbocycles. The Morgan fingerprint density at radius 2 is 2.27 bits per heavy atom. The quantitative estimate of drug-likeness (QED) is 0.720. The van der Waals surface area contributed by atoms with E-state index in [9.17, 15) is 0 Å². The van der Waals surface area contributed by atoms with Gasteiger partial charge in [0.05, 0.1) is 5.71 Å². The maximum absolute atomic E-state index is 7.61. The van der Waals surface area contributed by atoms with Crippen molar-refractivity contribution in [3.05, 3.63) is 42.7 Å². The summed E-state index contributed by atoms with van der Waals surface area (Å²) in [6, 6.07) is 3.79. The monoisotopic (exact) mass is 201 g/mol. The van der Waals surface area contributed by atoms with Gasteiger partial charge in [0.1, 0.15) is 5.65 Å². The zero-order valence-electron chi connectivity index (χ0n) is 9.04. The number of allylic oxidation sites excluding steroid dienone is 1. The Morgan fingerprint density at radius 3 is 2.93 bits per heavy atom. The molecule has 0 saturated heterocycles. The minimum absolute atomic E-state index is 0.416. The minimum Gasteiger partial charge on any atom is -0.345 e. The van der Waals surface area contributed by atoms with Crippen LogP contribution in [0.25, 0.3) is 11.0 Å². The predicted molar refractivity (Wildman–Crippen MR) is 64.5 cm³/mol. The fourth-order valence-corrected chi connectivity index (χ4v) is 1.29. The number of nitrogens with one attached hydrogen (secondary N) is 2. The summed E-state index contributed by atoms with van der Waals surface area (Å²) in [5.41, 5.74) is 2.07. The van der Waals surface area contributed by atoms with Gasteiger partial charge in [-0.05, 0) is 18.2 Å². The van der Waals surface area contributed by atoms with E-state index in [1.165, 1.54) is 6.08 Å². The molecule has 0 aliphatic heterocycles. The lowest BCUT2D eigenvalue weighted by atomic mass is 10.1. The van der Waals surface area contributed by atoms with Crippen molar-refractivity contribution in [1.29, 1.82) is 5.41 Å². The number of aromatic amines is 1. The Kier molecular flexibility index (Phi) is 3.80. The fourth-order valence-electron chi connectivity index (χ4n) is 1.29. The molecular weight excluding hydrogens is 186 g/mol. The van der Waals surface area contributed by atoms with Crippen molar-refractivity contribution in [2.45, 2.75) is 13.8 Å². The Labute approximate surface area is 89.4 Å². The van der Waals surface area contributed by atoms with Crippen molar-refractivity contribution in [3.8, 4) is 0 Å². The molecule has 0 radical (unpaired) electrons. The van der Waals surface area contributed by atoms with Gasteiger partial charge < -0.3 is 10.4 Å². The summed E-state index contributed by atoms with van der Waals surface area (Å²) >= 11 is 0. The summed E-state index contributed by atoms with van der Waals surface area (Å²) in [6.07, 6.45) is 5.03. The smallest absolute Gasteiger partial charge is 0.137 e. The van der Waals surface area contributed by atoms with E-state index in [1.807, 2.05) is 26.0 Å². The molecule has 3 nitrogen and oxygen atoms in total. The summed E-state index contributed by atoms with van der Waals surface area (Å²) in [7, 11) is 0. The van der Waals surface area contributed by atoms with Crippen LogP contribution in [0.5, 0.6) is 0 Å². The van der Waals surface area contributed by atoms with E-state index in [0.717, 1.165) is 16.6 Å². The molecule has 0 spiro atoms. The molecule has 0 aliphatic carbocycles. The third kappa shape index (κ3) is 2.13. The summed E-state index contributed by atoms with van der Waals surface area (Å²) in [5.74, 6) is 0. The molecular formula is C12H15N3. The normalized spacial score (nSPS) is 9.20. The minimum atomic E-state index is 0.416. The third-order valence-electron chi connectivity index (χ3n) is 1.95. The van der Waals surface area contributed by atoms with Gasteiger partial charge in [-0.15, -0.1) is 0 Å². The Morgan fingerprint density at radius 1 is 1.53 bits per heavy atom. The van der Waals surface area contributed by atoms with E-state index in [0.29, 0.717) is 5.71 Å². The van der Waals surface area contributed by atoms with Crippen LogP contribution in [0, 0.1) is 5.41 Å². The van der Waals surface area contributed by atoms with Crippen LogP contribution in [0.15, 0.2) is 37.2 Å². The molecule has 2 aromatic rings. The average Bonchev–Trinajstić information content (AvgIpc) is 2.74. The maximum atomic E-state index is 7.61. The molecule has 0 fully saturated rings. The Balaban J connectivity index is 0.000000531. The van der Waals surface area contributed by atoms with Crippen LogP contribution in [0.3, 0.4) is 0 Å². The zero-order valence-corrected chi connectivity index (χ0v) is 9.04. The molecule has 2 N–H and O–H groups in total. The van der Waals surface area contributed by atoms with Crippen LogP contribution in [0.2, 0.25) is 0 Å². The predicted octanol–water partition coefficient (Wildman–Crippen LogP) is 3.14. The van der Waals surface area contributed by atoms with Crippen LogP contribution in [0.1, 0.15) is 19.4 Å². The molecule has 3 heteroatoms. The zero-order chi connectivity index (χ0) is 11.3. The van der Waals surface area contributed by atoms with Crippen molar-refractivity contribution in [2.24, 2.45) is 0 Å². The average molecular weight is 201 g/mol. The standard InChI is InChI=1S/C10H9N3.C2H6/c1-2-9(11)8-6-13-10-7(8)4-3-5-12-10;1-2/h2-6,11H,1H2,(H,12,13);1-2H3. The van der Waals surface area contributed by atoms with Gasteiger partial charge in [-0.2, -0.15) is 0 Å². The second kappa shape index (κ2) is 5.10. The van der Waals surface area contributed by atoms with Crippen LogP contribution in [-0.4, -0.2) is 15.7 Å². The number of H-pyrrole nitrogens is 1. The molecule has 0 unspecified atom stereocenters. The first-order valence-corrected chi connectivity index (χ1v) is 4.96. The topological polar surface area (TPSA) is 52.5 Å². The molecule has 2 heterocycles. The SMILES string of the molecule is C=CC(=N)c1c[nH]c2ncccc12.CC. The molecule has 78 valence electrons. The lowest BCUT2D eigenvalue weighted by Crippen LogP contribution is -1.90. The van der Waals surface area contributed by atoms with E-state index in [4.69, 9.17) is 5.41 Å². The maximum Gasteiger partial charge on any atom is 0.137 e. The summed E-state index contributed by atoms with van der Waals surface area (Å²) in [4.78, 5) is 7.14. The van der Waals surface area contributed by atoms with Gasteiger partial charge >= 0.3 is 0 Å². The highest BCUT2D eigenvalue weighted by Crippen LogP contribution is 2.15. The van der Waals surface area contributed by atoms with Gasteiger partial charge in [-0.3, -0.25) is 0 Å². The molecule has 2 aromatic heterocycles. The van der Waals surface area contributed by atoms with Crippen LogP contribution >= 0.6 is 0 Å². The molecule has 2 rings (SSSR count). The van der Waals surface area contributed by atoms with Gasteiger partial charge in [0.2, 0.25) is 0 Å². The van der Waals surface area contributed by atoms with Gasteiger partial charge in [0.15, 0.2) is 0 Å². The van der Waals surface area contributed by atoms with Crippen LogP contribution < -0.4 is 0 Å². The van der Waals surface area contributed by atoms with Crippen molar-refractivity contribution in [3.63, 3.8) is 0 Å². The number of aromatic nitrogens is 2. The number of hydrogen-bond acceptors (Lipinski definition) is 2. The van der Waals surface area contributed by atoms with Crippen molar-refractivity contribution in [2.75, 3.05) is 0 Å². The third-order valence-corrected chi connectivity index (χ3v) is 1.95. The second-order valence-electron chi connectivity index (χ2n) is 2.72. The van der Waals surface area contributed by atoms with Gasteiger partial charge in [0.25, 0.3) is 0 Å². The van der Waals surface area contributed by atoms with Gasteiger partial charge in [-0.1, -0.05) is 20.4 Å². The first-order chi connectivity index (χ1) is 7.33. The molecule has 0 atom stereocenters. The number of hydrogen-bond donors (Lipinski definition) is 2. The lowest BCUT2D eigenvalue weighted by Gasteiger charge is -1.93. The highest BCUT2D eigenvalue weighted by Gasteiger charge is 2.05. The first-order valence-electron chi connectivity index (χ1n) is 4.96. The van der Waals surface area contributed by atoms with Crippen LogP contribution in [-0.2, 0) is 0 Å². The van der Waals surface area contributed by atoms with E-state index in [2.05, 4.69) is 16.5 Å². The van der Waals surface area contributed by atoms with Crippen molar-refractivity contribution in [1.82, 2.24) is 9.97 Å². The molecule has 0 aliphatic rings. The molecule has 0 bridgehead atoms. The Bertz CT molecular complexity index is 468.